The van der Waals surface area contributed by atoms with Crippen LogP contribution in [-0.4, -0.2) is 10.8 Å². The Balaban J connectivity index is 1.52. The zero-order chi connectivity index (χ0) is 17.7. The van der Waals surface area contributed by atoms with Gasteiger partial charge in [0.15, 0.2) is 6.17 Å². The SMILES string of the molecule is C[C@@H]1C[C@@H]1c1ccc([C@@H]2Nc3ccccc3C(=O)N2Cc2ccco2)o1. The summed E-state index contributed by atoms with van der Waals surface area (Å²) < 4.78 is 11.6. The van der Waals surface area contributed by atoms with Crippen LogP contribution in [0, 0.1) is 5.92 Å². The van der Waals surface area contributed by atoms with E-state index in [-0.39, 0.29) is 12.1 Å². The van der Waals surface area contributed by atoms with E-state index in [0.717, 1.165) is 23.0 Å². The van der Waals surface area contributed by atoms with Gasteiger partial charge >= 0.3 is 0 Å². The smallest absolute Gasteiger partial charge is 0.258 e. The molecule has 1 aliphatic carbocycles. The van der Waals surface area contributed by atoms with E-state index in [9.17, 15) is 4.79 Å². The molecule has 1 aromatic carbocycles. The molecule has 5 heteroatoms. The molecule has 1 amide bonds. The molecule has 1 saturated carbocycles. The van der Waals surface area contributed by atoms with Crippen molar-refractivity contribution in [2.45, 2.75) is 32.0 Å². The number of amides is 1. The number of hydrogen-bond donors (Lipinski definition) is 1. The fourth-order valence-corrected chi connectivity index (χ4v) is 3.68. The van der Waals surface area contributed by atoms with Gasteiger partial charge in [0.1, 0.15) is 17.3 Å². The predicted octanol–water partition coefficient (Wildman–Crippen LogP) is 4.76. The zero-order valence-electron chi connectivity index (χ0n) is 14.5. The minimum atomic E-state index is -0.356. The Morgan fingerprint density at radius 1 is 1.12 bits per heavy atom. The molecule has 0 bridgehead atoms. The standard InChI is InChI=1S/C21H20N2O3/c1-13-11-16(13)18-8-9-19(26-18)20-22-17-7-3-2-6-15(17)21(24)23(20)12-14-5-4-10-25-14/h2-10,13,16,20,22H,11-12H2,1H3/t13-,16+,20-/m1/s1. The van der Waals surface area contributed by atoms with Crippen LogP contribution in [0.2, 0.25) is 0 Å². The number of nitrogens with one attached hydrogen (secondary N) is 1. The highest BCUT2D eigenvalue weighted by molar-refractivity contribution is 6.01. The predicted molar refractivity (Wildman–Crippen MR) is 96.6 cm³/mol. The van der Waals surface area contributed by atoms with Crippen molar-refractivity contribution >= 4 is 11.6 Å². The fraction of sp³-hybridized carbons (Fsp3) is 0.286. The first kappa shape index (κ1) is 15.3. The average Bonchev–Trinajstić information content (AvgIpc) is 3.08. The van der Waals surface area contributed by atoms with E-state index >= 15 is 0 Å². The minimum Gasteiger partial charge on any atom is -0.467 e. The lowest BCUT2D eigenvalue weighted by molar-refractivity contribution is 0.0628. The molecular formula is C21H20N2O3. The van der Waals surface area contributed by atoms with Gasteiger partial charge in [-0.15, -0.1) is 0 Å². The van der Waals surface area contributed by atoms with Crippen LogP contribution in [0.4, 0.5) is 5.69 Å². The summed E-state index contributed by atoms with van der Waals surface area (Å²) in [6, 6.07) is 15.3. The Hall–Kier alpha value is -2.95. The first-order chi connectivity index (χ1) is 12.7. The molecule has 5 rings (SSSR count). The summed E-state index contributed by atoms with van der Waals surface area (Å²) in [4.78, 5) is 14.9. The second-order valence-corrected chi connectivity index (χ2v) is 7.16. The molecule has 0 spiro atoms. The van der Waals surface area contributed by atoms with Crippen molar-refractivity contribution in [3.63, 3.8) is 0 Å². The molecule has 5 nitrogen and oxygen atoms in total. The number of anilines is 1. The molecule has 0 saturated heterocycles. The Bertz CT molecular complexity index is 944. The first-order valence-corrected chi connectivity index (χ1v) is 8.99. The number of nitrogens with zero attached hydrogens (tertiary/aromatic N) is 1. The third-order valence-electron chi connectivity index (χ3n) is 5.32. The summed E-state index contributed by atoms with van der Waals surface area (Å²) in [6.07, 6.45) is 2.44. The number of carbonyl (C=O) groups excluding carboxylic acids is 1. The van der Waals surface area contributed by atoms with Crippen LogP contribution in [0.25, 0.3) is 0 Å². The number of fused-ring (bicyclic) bond motifs is 1. The monoisotopic (exact) mass is 348 g/mol. The van der Waals surface area contributed by atoms with Crippen LogP contribution in [0.5, 0.6) is 0 Å². The van der Waals surface area contributed by atoms with Gasteiger partial charge in [-0.3, -0.25) is 4.79 Å². The van der Waals surface area contributed by atoms with Crippen molar-refractivity contribution in [3.05, 3.63) is 77.6 Å². The van der Waals surface area contributed by atoms with Crippen LogP contribution >= 0.6 is 0 Å². The molecule has 2 aliphatic rings. The van der Waals surface area contributed by atoms with Crippen LogP contribution in [0.1, 0.15) is 53.1 Å². The van der Waals surface area contributed by atoms with Gasteiger partial charge in [-0.2, -0.15) is 0 Å². The number of para-hydroxylation sites is 1. The van der Waals surface area contributed by atoms with Crippen molar-refractivity contribution < 1.29 is 13.6 Å². The number of benzene rings is 1. The van der Waals surface area contributed by atoms with Crippen molar-refractivity contribution in [1.82, 2.24) is 4.90 Å². The minimum absolute atomic E-state index is 0.0292. The second-order valence-electron chi connectivity index (χ2n) is 7.16. The zero-order valence-corrected chi connectivity index (χ0v) is 14.5. The van der Waals surface area contributed by atoms with Crippen LogP contribution in [0.15, 0.2) is 63.6 Å². The lowest BCUT2D eigenvalue weighted by atomic mass is 10.1. The molecular weight excluding hydrogens is 328 g/mol. The van der Waals surface area contributed by atoms with Gasteiger partial charge in [-0.25, -0.2) is 0 Å². The van der Waals surface area contributed by atoms with Crippen LogP contribution in [0.3, 0.4) is 0 Å². The molecule has 1 fully saturated rings. The third-order valence-corrected chi connectivity index (χ3v) is 5.32. The largest absolute Gasteiger partial charge is 0.467 e. The molecule has 3 heterocycles. The lowest BCUT2D eigenvalue weighted by Gasteiger charge is -2.36. The maximum absolute atomic E-state index is 13.1. The van der Waals surface area contributed by atoms with Crippen LogP contribution < -0.4 is 5.32 Å². The maximum atomic E-state index is 13.1. The highest BCUT2D eigenvalue weighted by Crippen LogP contribution is 2.48. The number of carbonyl (C=O) groups is 1. The van der Waals surface area contributed by atoms with Gasteiger partial charge in [0.25, 0.3) is 5.91 Å². The van der Waals surface area contributed by atoms with Gasteiger partial charge in [0, 0.05) is 11.6 Å². The molecule has 0 unspecified atom stereocenters. The highest BCUT2D eigenvalue weighted by Gasteiger charge is 2.39. The van der Waals surface area contributed by atoms with Gasteiger partial charge < -0.3 is 19.1 Å². The number of hydrogen-bond acceptors (Lipinski definition) is 4. The first-order valence-electron chi connectivity index (χ1n) is 8.99. The van der Waals surface area contributed by atoms with E-state index < -0.39 is 0 Å². The molecule has 3 atom stereocenters. The summed E-state index contributed by atoms with van der Waals surface area (Å²) in [5.41, 5.74) is 1.49. The molecule has 1 N–H and O–H groups in total. The van der Waals surface area contributed by atoms with Crippen molar-refractivity contribution in [1.29, 1.82) is 0 Å². The van der Waals surface area contributed by atoms with E-state index in [0.29, 0.717) is 23.9 Å². The molecule has 26 heavy (non-hydrogen) atoms. The summed E-state index contributed by atoms with van der Waals surface area (Å²) in [5.74, 6) is 3.67. The molecule has 2 aromatic heterocycles. The Labute approximate surface area is 151 Å². The quantitative estimate of drug-likeness (QED) is 0.738. The molecule has 1 aliphatic heterocycles. The highest BCUT2D eigenvalue weighted by atomic mass is 16.3. The second kappa shape index (κ2) is 5.80. The van der Waals surface area contributed by atoms with Crippen molar-refractivity contribution in [2.24, 2.45) is 5.92 Å². The summed E-state index contributed by atoms with van der Waals surface area (Å²) in [5, 5.41) is 3.46. The number of rotatable bonds is 4. The Morgan fingerprint density at radius 2 is 1.92 bits per heavy atom. The van der Waals surface area contributed by atoms with E-state index in [4.69, 9.17) is 8.83 Å². The normalized spacial score (nSPS) is 24.3. The molecule has 132 valence electrons. The average molecular weight is 348 g/mol. The van der Waals surface area contributed by atoms with Gasteiger partial charge in [-0.1, -0.05) is 19.1 Å². The van der Waals surface area contributed by atoms with E-state index in [1.807, 2.05) is 48.5 Å². The van der Waals surface area contributed by atoms with Crippen molar-refractivity contribution in [2.75, 3.05) is 5.32 Å². The number of furan rings is 2. The van der Waals surface area contributed by atoms with Crippen molar-refractivity contribution in [3.8, 4) is 0 Å². The maximum Gasteiger partial charge on any atom is 0.258 e. The summed E-state index contributed by atoms with van der Waals surface area (Å²) in [7, 11) is 0. The van der Waals surface area contributed by atoms with Gasteiger partial charge in [0.05, 0.1) is 18.4 Å². The topological polar surface area (TPSA) is 58.6 Å². The van der Waals surface area contributed by atoms with E-state index in [1.165, 1.54) is 6.42 Å². The van der Waals surface area contributed by atoms with Crippen LogP contribution in [-0.2, 0) is 6.54 Å². The summed E-state index contributed by atoms with van der Waals surface area (Å²) in [6.45, 7) is 2.61. The molecule has 3 aromatic rings. The fourth-order valence-electron chi connectivity index (χ4n) is 3.68. The lowest BCUT2D eigenvalue weighted by Crippen LogP contribution is -2.42. The Morgan fingerprint density at radius 3 is 2.69 bits per heavy atom. The van der Waals surface area contributed by atoms with E-state index in [1.54, 1.807) is 11.2 Å². The third kappa shape index (κ3) is 2.51. The van der Waals surface area contributed by atoms with Gasteiger partial charge in [0.2, 0.25) is 0 Å². The molecule has 0 radical (unpaired) electrons. The Kier molecular flexibility index (Phi) is 3.42. The van der Waals surface area contributed by atoms with E-state index in [2.05, 4.69) is 12.2 Å². The summed E-state index contributed by atoms with van der Waals surface area (Å²) >= 11 is 0. The van der Waals surface area contributed by atoms with Gasteiger partial charge in [-0.05, 0) is 48.7 Å².